The molecule has 1 aromatic rings. The molecular formula is C19H29N3O2. The van der Waals surface area contributed by atoms with Gasteiger partial charge in [0.25, 0.3) is 5.91 Å². The molecule has 5 nitrogen and oxygen atoms in total. The Labute approximate surface area is 144 Å². The van der Waals surface area contributed by atoms with Crippen molar-refractivity contribution >= 4 is 17.3 Å². The van der Waals surface area contributed by atoms with Gasteiger partial charge in [0.1, 0.15) is 0 Å². The van der Waals surface area contributed by atoms with E-state index in [1.807, 2.05) is 30.1 Å². The van der Waals surface area contributed by atoms with Gasteiger partial charge in [0.15, 0.2) is 0 Å². The van der Waals surface area contributed by atoms with E-state index in [1.54, 1.807) is 0 Å². The van der Waals surface area contributed by atoms with E-state index in [1.165, 1.54) is 32.1 Å². The summed E-state index contributed by atoms with van der Waals surface area (Å²) in [5.74, 6) is 0.674. The minimum atomic E-state index is 0.0339. The van der Waals surface area contributed by atoms with Gasteiger partial charge in [0.2, 0.25) is 0 Å². The van der Waals surface area contributed by atoms with Crippen molar-refractivity contribution in [2.24, 2.45) is 5.92 Å². The monoisotopic (exact) mass is 331 g/mol. The second-order valence-electron chi connectivity index (χ2n) is 7.06. The fourth-order valence-corrected chi connectivity index (χ4v) is 3.81. The van der Waals surface area contributed by atoms with Gasteiger partial charge in [-0.1, -0.05) is 19.3 Å². The number of carbonyl (C=O) groups excluding carboxylic acids is 1. The Hall–Kier alpha value is -1.75. The zero-order valence-electron chi connectivity index (χ0n) is 14.7. The summed E-state index contributed by atoms with van der Waals surface area (Å²) in [6, 6.07) is 5.80. The molecule has 1 saturated carbocycles. The van der Waals surface area contributed by atoms with Crippen LogP contribution in [0.15, 0.2) is 18.2 Å². The zero-order valence-corrected chi connectivity index (χ0v) is 14.7. The van der Waals surface area contributed by atoms with Crippen molar-refractivity contribution in [3.63, 3.8) is 0 Å². The van der Waals surface area contributed by atoms with Crippen molar-refractivity contribution in [3.05, 3.63) is 23.8 Å². The normalized spacial score (nSPS) is 19.3. The fourth-order valence-electron chi connectivity index (χ4n) is 3.81. The van der Waals surface area contributed by atoms with Crippen molar-refractivity contribution in [1.82, 2.24) is 4.90 Å². The third-order valence-electron chi connectivity index (χ3n) is 5.25. The summed E-state index contributed by atoms with van der Waals surface area (Å²) in [5, 5.41) is 0. The van der Waals surface area contributed by atoms with Crippen LogP contribution in [0, 0.1) is 5.92 Å². The van der Waals surface area contributed by atoms with Gasteiger partial charge in [-0.25, -0.2) is 0 Å². The van der Waals surface area contributed by atoms with E-state index in [-0.39, 0.29) is 5.91 Å². The minimum absolute atomic E-state index is 0.0339. The predicted molar refractivity (Wildman–Crippen MR) is 97.4 cm³/mol. The molecule has 3 rings (SSSR count). The largest absolute Gasteiger partial charge is 0.398 e. The number of ether oxygens (including phenoxy) is 1. The molecule has 0 aromatic heterocycles. The van der Waals surface area contributed by atoms with Crippen LogP contribution in [-0.2, 0) is 4.74 Å². The Balaban J connectivity index is 1.65. The first-order valence-corrected chi connectivity index (χ1v) is 9.13. The lowest BCUT2D eigenvalue weighted by atomic mass is 9.89. The molecule has 1 aromatic carbocycles. The van der Waals surface area contributed by atoms with Crippen LogP contribution in [0.2, 0.25) is 0 Å². The molecule has 2 aliphatic rings. The molecular weight excluding hydrogens is 302 g/mol. The second kappa shape index (κ2) is 7.88. The van der Waals surface area contributed by atoms with Gasteiger partial charge in [-0.3, -0.25) is 4.79 Å². The van der Waals surface area contributed by atoms with Crippen molar-refractivity contribution in [2.75, 3.05) is 50.5 Å². The number of nitrogens with two attached hydrogens (primary N) is 1. The minimum Gasteiger partial charge on any atom is -0.398 e. The zero-order chi connectivity index (χ0) is 16.9. The van der Waals surface area contributed by atoms with Crippen molar-refractivity contribution in [3.8, 4) is 0 Å². The summed E-state index contributed by atoms with van der Waals surface area (Å²) in [7, 11) is 1.90. The standard InChI is InChI=1S/C19H29N3O2/c1-21(14-15-5-3-2-4-6-15)19(23)17-8-7-16(13-18(17)20)22-9-11-24-12-10-22/h7-8,13,15H,2-6,9-12,14,20H2,1H3. The Morgan fingerprint density at radius 3 is 2.62 bits per heavy atom. The van der Waals surface area contributed by atoms with Crippen molar-refractivity contribution < 1.29 is 9.53 Å². The Kier molecular flexibility index (Phi) is 5.61. The molecule has 0 bridgehead atoms. The highest BCUT2D eigenvalue weighted by Crippen LogP contribution is 2.26. The number of rotatable bonds is 4. The van der Waals surface area contributed by atoms with Crippen LogP contribution in [0.3, 0.4) is 0 Å². The number of carbonyl (C=O) groups is 1. The quantitative estimate of drug-likeness (QED) is 0.862. The first kappa shape index (κ1) is 17.1. The molecule has 132 valence electrons. The molecule has 24 heavy (non-hydrogen) atoms. The summed E-state index contributed by atoms with van der Waals surface area (Å²) in [5.41, 5.74) is 8.45. The maximum Gasteiger partial charge on any atom is 0.255 e. The van der Waals surface area contributed by atoms with E-state index in [2.05, 4.69) is 4.90 Å². The molecule has 1 aliphatic carbocycles. The molecule has 2 fully saturated rings. The van der Waals surface area contributed by atoms with Crippen LogP contribution < -0.4 is 10.6 Å². The number of anilines is 2. The van der Waals surface area contributed by atoms with E-state index < -0.39 is 0 Å². The van der Waals surface area contributed by atoms with Crippen LogP contribution in [0.1, 0.15) is 42.5 Å². The van der Waals surface area contributed by atoms with E-state index >= 15 is 0 Å². The highest BCUT2D eigenvalue weighted by atomic mass is 16.5. The van der Waals surface area contributed by atoms with Crippen LogP contribution in [0.4, 0.5) is 11.4 Å². The summed E-state index contributed by atoms with van der Waals surface area (Å²) in [6.07, 6.45) is 6.41. The van der Waals surface area contributed by atoms with E-state index in [4.69, 9.17) is 10.5 Å². The number of nitrogens with zero attached hydrogens (tertiary/aromatic N) is 2. The van der Waals surface area contributed by atoms with E-state index in [0.717, 1.165) is 38.5 Å². The molecule has 0 spiro atoms. The molecule has 0 radical (unpaired) electrons. The first-order valence-electron chi connectivity index (χ1n) is 9.13. The summed E-state index contributed by atoms with van der Waals surface area (Å²) in [4.78, 5) is 16.8. The smallest absolute Gasteiger partial charge is 0.255 e. The summed E-state index contributed by atoms with van der Waals surface area (Å²) >= 11 is 0. The number of benzene rings is 1. The molecule has 2 N–H and O–H groups in total. The van der Waals surface area contributed by atoms with Crippen molar-refractivity contribution in [2.45, 2.75) is 32.1 Å². The number of amides is 1. The molecule has 1 saturated heterocycles. The molecule has 1 heterocycles. The van der Waals surface area contributed by atoms with Gasteiger partial charge in [-0.2, -0.15) is 0 Å². The summed E-state index contributed by atoms with van der Waals surface area (Å²) < 4.78 is 5.38. The van der Waals surface area contributed by atoms with Crippen molar-refractivity contribution in [1.29, 1.82) is 0 Å². The number of hydrogen-bond acceptors (Lipinski definition) is 4. The SMILES string of the molecule is CN(CC1CCCCC1)C(=O)c1ccc(N2CCOCC2)cc1N. The lowest BCUT2D eigenvalue weighted by Crippen LogP contribution is -2.36. The topological polar surface area (TPSA) is 58.8 Å². The maximum absolute atomic E-state index is 12.7. The Morgan fingerprint density at radius 1 is 1.25 bits per heavy atom. The second-order valence-corrected chi connectivity index (χ2v) is 7.06. The fraction of sp³-hybridized carbons (Fsp3) is 0.632. The van der Waals surface area contributed by atoms with Crippen LogP contribution in [0.5, 0.6) is 0 Å². The first-order chi connectivity index (χ1) is 11.6. The van der Waals surface area contributed by atoms with Crippen LogP contribution in [0.25, 0.3) is 0 Å². The number of nitrogen functional groups attached to an aromatic ring is 1. The molecule has 1 aliphatic heterocycles. The molecule has 1 amide bonds. The molecule has 0 atom stereocenters. The Bertz CT molecular complexity index is 564. The third kappa shape index (κ3) is 4.01. The average molecular weight is 331 g/mol. The molecule has 0 unspecified atom stereocenters. The predicted octanol–water partition coefficient (Wildman–Crippen LogP) is 2.76. The average Bonchev–Trinajstić information content (AvgIpc) is 2.62. The lowest BCUT2D eigenvalue weighted by molar-refractivity contribution is 0.0761. The maximum atomic E-state index is 12.7. The van der Waals surface area contributed by atoms with Gasteiger partial charge in [0.05, 0.1) is 18.8 Å². The third-order valence-corrected chi connectivity index (χ3v) is 5.25. The van der Waals surface area contributed by atoms with Gasteiger partial charge in [0, 0.05) is 38.1 Å². The highest BCUT2D eigenvalue weighted by Gasteiger charge is 2.21. The summed E-state index contributed by atoms with van der Waals surface area (Å²) in [6.45, 7) is 4.06. The van der Waals surface area contributed by atoms with Crippen LogP contribution in [-0.4, -0.2) is 50.7 Å². The van der Waals surface area contributed by atoms with Gasteiger partial charge < -0.3 is 20.3 Å². The van der Waals surface area contributed by atoms with Gasteiger partial charge in [-0.15, -0.1) is 0 Å². The molecule has 5 heteroatoms. The van der Waals surface area contributed by atoms with Crippen LogP contribution >= 0.6 is 0 Å². The number of morpholine rings is 1. The Morgan fingerprint density at radius 2 is 1.96 bits per heavy atom. The van der Waals surface area contributed by atoms with E-state index in [9.17, 15) is 4.79 Å². The number of hydrogen-bond donors (Lipinski definition) is 1. The lowest BCUT2D eigenvalue weighted by Gasteiger charge is -2.30. The van der Waals surface area contributed by atoms with Gasteiger partial charge in [-0.05, 0) is 37.0 Å². The van der Waals surface area contributed by atoms with Gasteiger partial charge >= 0.3 is 0 Å². The van der Waals surface area contributed by atoms with E-state index in [0.29, 0.717) is 17.2 Å². The highest BCUT2D eigenvalue weighted by molar-refractivity contribution is 5.99.